The zero-order valence-electron chi connectivity index (χ0n) is 20.2. The van der Waals surface area contributed by atoms with Crippen LogP contribution >= 0.6 is 0 Å². The van der Waals surface area contributed by atoms with E-state index in [1.807, 2.05) is 18.7 Å². The minimum atomic E-state index is -0.410. The summed E-state index contributed by atoms with van der Waals surface area (Å²) in [5, 5.41) is 0. The molecule has 10 nitrogen and oxygen atoms in total. The Bertz CT molecular complexity index is 1050. The summed E-state index contributed by atoms with van der Waals surface area (Å²) in [4.78, 5) is 38.7. The Morgan fingerprint density at radius 2 is 1.06 bits per heavy atom. The van der Waals surface area contributed by atoms with E-state index >= 15 is 0 Å². The smallest absolute Gasteiger partial charge is 0.338 e. The number of hydrogen-bond donors (Lipinski definition) is 0. The highest BCUT2D eigenvalue weighted by Gasteiger charge is 2.15. The lowest BCUT2D eigenvalue weighted by Gasteiger charge is -2.19. The summed E-state index contributed by atoms with van der Waals surface area (Å²) >= 11 is 0. The highest BCUT2D eigenvalue weighted by molar-refractivity contribution is 5.90. The van der Waals surface area contributed by atoms with Crippen LogP contribution in [0, 0.1) is 0 Å². The van der Waals surface area contributed by atoms with Crippen molar-refractivity contribution in [3.05, 3.63) is 59.7 Å². The highest BCUT2D eigenvalue weighted by atomic mass is 16.5. The molecule has 0 fully saturated rings. The second-order valence-corrected chi connectivity index (χ2v) is 7.07. The molecule has 0 aliphatic heterocycles. The van der Waals surface area contributed by atoms with Crippen LogP contribution < -0.4 is 14.4 Å². The number of nitrogens with zero attached hydrogens (tertiary/aromatic N) is 4. The molecule has 3 rings (SSSR count). The number of anilines is 1. The van der Waals surface area contributed by atoms with Crippen molar-refractivity contribution >= 4 is 17.9 Å². The number of rotatable bonds is 11. The topological polar surface area (TPSA) is 113 Å². The van der Waals surface area contributed by atoms with Crippen molar-refractivity contribution in [1.29, 1.82) is 0 Å². The van der Waals surface area contributed by atoms with Gasteiger partial charge in [-0.2, -0.15) is 9.97 Å². The summed E-state index contributed by atoms with van der Waals surface area (Å²) in [7, 11) is 0. The van der Waals surface area contributed by atoms with Gasteiger partial charge in [-0.25, -0.2) is 9.59 Å². The average molecular weight is 481 g/mol. The SMILES string of the molecule is CCOC(=O)c1ccc(Oc2nc(Oc3ccc(C(=O)OCC)cc3)nc(N(CC)CC)n2)cc1. The molecule has 2 aromatic carbocycles. The van der Waals surface area contributed by atoms with Gasteiger partial charge in [0.1, 0.15) is 11.5 Å². The van der Waals surface area contributed by atoms with Crippen LogP contribution in [0.5, 0.6) is 23.5 Å². The summed E-state index contributed by atoms with van der Waals surface area (Å²) in [5.74, 6) is 0.431. The fourth-order valence-electron chi connectivity index (χ4n) is 3.02. The highest BCUT2D eigenvalue weighted by Crippen LogP contribution is 2.26. The molecule has 0 saturated carbocycles. The number of carbonyl (C=O) groups excluding carboxylic acids is 2. The first-order chi connectivity index (χ1) is 17.0. The fraction of sp³-hybridized carbons (Fsp3) is 0.320. The van der Waals surface area contributed by atoms with E-state index in [-0.39, 0.29) is 12.0 Å². The van der Waals surface area contributed by atoms with Crippen LogP contribution in [0.4, 0.5) is 5.95 Å². The quantitative estimate of drug-likeness (QED) is 0.359. The number of ether oxygens (including phenoxy) is 4. The monoisotopic (exact) mass is 480 g/mol. The van der Waals surface area contributed by atoms with Gasteiger partial charge in [-0.15, -0.1) is 4.98 Å². The molecule has 10 heteroatoms. The minimum absolute atomic E-state index is 0.0314. The summed E-state index contributed by atoms with van der Waals surface area (Å²) in [6, 6.07) is 13.0. The van der Waals surface area contributed by atoms with Crippen molar-refractivity contribution in [2.75, 3.05) is 31.2 Å². The number of esters is 2. The summed E-state index contributed by atoms with van der Waals surface area (Å²) in [6.07, 6.45) is 0. The number of aromatic nitrogens is 3. The molecule has 0 atom stereocenters. The predicted molar refractivity (Wildman–Crippen MR) is 128 cm³/mol. The van der Waals surface area contributed by atoms with E-state index in [2.05, 4.69) is 15.0 Å². The van der Waals surface area contributed by atoms with Gasteiger partial charge in [0, 0.05) is 13.1 Å². The third kappa shape index (κ3) is 6.89. The molecule has 0 N–H and O–H groups in total. The summed E-state index contributed by atoms with van der Waals surface area (Å²) < 4.78 is 21.6. The van der Waals surface area contributed by atoms with Gasteiger partial charge in [0.05, 0.1) is 24.3 Å². The lowest BCUT2D eigenvalue weighted by atomic mass is 10.2. The second kappa shape index (κ2) is 12.3. The maximum absolute atomic E-state index is 11.9. The molecule has 0 aliphatic carbocycles. The Kier molecular flexibility index (Phi) is 8.94. The third-order valence-electron chi connectivity index (χ3n) is 4.78. The van der Waals surface area contributed by atoms with E-state index < -0.39 is 11.9 Å². The lowest BCUT2D eigenvalue weighted by Crippen LogP contribution is -2.24. The van der Waals surface area contributed by atoms with Gasteiger partial charge in [0.2, 0.25) is 5.95 Å². The van der Waals surface area contributed by atoms with E-state index in [0.29, 0.717) is 54.9 Å². The summed E-state index contributed by atoms with van der Waals surface area (Å²) in [6.45, 7) is 9.39. The standard InChI is InChI=1S/C25H28N4O6/c1-5-29(6-2)23-26-24(34-19-13-9-17(10-14-19)21(30)32-7-3)28-25(27-23)35-20-15-11-18(12-16-20)22(31)33-8-4/h9-16H,5-8H2,1-4H3. The Morgan fingerprint density at radius 3 is 1.40 bits per heavy atom. The number of carbonyl (C=O) groups is 2. The molecular weight excluding hydrogens is 452 g/mol. The molecule has 0 aliphatic rings. The Morgan fingerprint density at radius 1 is 0.657 bits per heavy atom. The molecule has 0 spiro atoms. The molecule has 0 amide bonds. The maximum Gasteiger partial charge on any atom is 0.338 e. The second-order valence-electron chi connectivity index (χ2n) is 7.07. The van der Waals surface area contributed by atoms with Crippen LogP contribution in [0.3, 0.4) is 0 Å². The first-order valence-electron chi connectivity index (χ1n) is 11.4. The van der Waals surface area contributed by atoms with Crippen LogP contribution in [0.25, 0.3) is 0 Å². The Labute approximate surface area is 203 Å². The van der Waals surface area contributed by atoms with E-state index in [1.165, 1.54) is 0 Å². The average Bonchev–Trinajstić information content (AvgIpc) is 2.86. The zero-order valence-corrected chi connectivity index (χ0v) is 20.2. The lowest BCUT2D eigenvalue weighted by molar-refractivity contribution is 0.0516. The maximum atomic E-state index is 11.9. The fourth-order valence-corrected chi connectivity index (χ4v) is 3.02. The third-order valence-corrected chi connectivity index (χ3v) is 4.78. The van der Waals surface area contributed by atoms with Crippen molar-refractivity contribution in [3.63, 3.8) is 0 Å². The van der Waals surface area contributed by atoms with Crippen molar-refractivity contribution in [3.8, 4) is 23.5 Å². The van der Waals surface area contributed by atoms with Crippen LogP contribution in [0.2, 0.25) is 0 Å². The van der Waals surface area contributed by atoms with Gasteiger partial charge in [0.25, 0.3) is 0 Å². The molecule has 3 aromatic rings. The van der Waals surface area contributed by atoms with Gasteiger partial charge in [-0.05, 0) is 76.2 Å². The van der Waals surface area contributed by atoms with E-state index in [9.17, 15) is 9.59 Å². The molecule has 0 radical (unpaired) electrons. The zero-order chi connectivity index (χ0) is 25.2. The Balaban J connectivity index is 1.84. The van der Waals surface area contributed by atoms with Gasteiger partial charge < -0.3 is 23.8 Å². The largest absolute Gasteiger partial charge is 0.462 e. The predicted octanol–water partition coefficient (Wildman–Crippen LogP) is 4.66. The first kappa shape index (κ1) is 25.4. The molecular formula is C25H28N4O6. The molecule has 0 saturated heterocycles. The van der Waals surface area contributed by atoms with Gasteiger partial charge in [0.15, 0.2) is 0 Å². The number of hydrogen-bond acceptors (Lipinski definition) is 10. The molecule has 1 aromatic heterocycles. The molecule has 0 unspecified atom stereocenters. The number of benzene rings is 2. The van der Waals surface area contributed by atoms with Crippen LogP contribution in [0.1, 0.15) is 48.4 Å². The first-order valence-corrected chi connectivity index (χ1v) is 11.4. The molecule has 184 valence electrons. The molecule has 1 heterocycles. The normalized spacial score (nSPS) is 10.4. The van der Waals surface area contributed by atoms with E-state index in [0.717, 1.165) is 0 Å². The van der Waals surface area contributed by atoms with Crippen LogP contribution in [0.15, 0.2) is 48.5 Å². The van der Waals surface area contributed by atoms with Crippen LogP contribution in [-0.4, -0.2) is 53.2 Å². The van der Waals surface area contributed by atoms with E-state index in [4.69, 9.17) is 18.9 Å². The van der Waals surface area contributed by atoms with Crippen molar-refractivity contribution < 1.29 is 28.5 Å². The van der Waals surface area contributed by atoms with Gasteiger partial charge in [-0.3, -0.25) is 0 Å². The van der Waals surface area contributed by atoms with Gasteiger partial charge in [-0.1, -0.05) is 0 Å². The molecule has 35 heavy (non-hydrogen) atoms. The van der Waals surface area contributed by atoms with Crippen molar-refractivity contribution in [1.82, 2.24) is 15.0 Å². The van der Waals surface area contributed by atoms with E-state index in [1.54, 1.807) is 62.4 Å². The van der Waals surface area contributed by atoms with Crippen molar-refractivity contribution in [2.24, 2.45) is 0 Å². The summed E-state index contributed by atoms with van der Waals surface area (Å²) in [5.41, 5.74) is 0.822. The van der Waals surface area contributed by atoms with Crippen molar-refractivity contribution in [2.45, 2.75) is 27.7 Å². The van der Waals surface area contributed by atoms with Gasteiger partial charge >= 0.3 is 24.0 Å². The Hall–Kier alpha value is -4.21. The van der Waals surface area contributed by atoms with Crippen LogP contribution in [-0.2, 0) is 9.47 Å². The minimum Gasteiger partial charge on any atom is -0.462 e. The molecule has 0 bridgehead atoms.